The first kappa shape index (κ1) is 20.4. The lowest BCUT2D eigenvalue weighted by atomic mass is 10.2. The molecule has 30 heavy (non-hydrogen) atoms. The van der Waals surface area contributed by atoms with Gasteiger partial charge in [0.25, 0.3) is 0 Å². The molecule has 3 aromatic rings. The summed E-state index contributed by atoms with van der Waals surface area (Å²) in [4.78, 5) is 18.9. The smallest absolute Gasteiger partial charge is 0.406 e. The number of nitrogens with zero attached hydrogens (tertiary/aromatic N) is 2. The van der Waals surface area contributed by atoms with Crippen LogP contribution in [0.25, 0.3) is 10.2 Å². The van der Waals surface area contributed by atoms with Crippen LogP contribution in [-0.4, -0.2) is 36.6 Å². The number of hydrogen-bond donors (Lipinski definition) is 1. The molecule has 158 valence electrons. The fourth-order valence-electron chi connectivity index (χ4n) is 3.16. The number of para-hydroxylation sites is 1. The minimum Gasteiger partial charge on any atom is -0.406 e. The number of halogens is 3. The molecular weight excluding hydrogens is 419 g/mol. The Kier molecular flexibility index (Phi) is 5.78. The van der Waals surface area contributed by atoms with Gasteiger partial charge >= 0.3 is 12.4 Å². The van der Waals surface area contributed by atoms with Gasteiger partial charge in [-0.05, 0) is 37.1 Å². The number of rotatable bonds is 5. The standard InChI is InChI=1S/C20H18F3N3O3S/c21-20(22,23)29-14-8-9-16-17(11-14)30-19(25-16)26(12-15-7-4-10-28-15)18(27)24-13-5-2-1-3-6-13/h1-3,5-6,8-9,11,15H,4,7,10,12H2,(H,24,27). The van der Waals surface area contributed by atoms with Crippen molar-refractivity contribution in [2.24, 2.45) is 0 Å². The van der Waals surface area contributed by atoms with Crippen molar-refractivity contribution in [2.45, 2.75) is 25.3 Å². The largest absolute Gasteiger partial charge is 0.573 e. The van der Waals surface area contributed by atoms with Crippen LogP contribution in [-0.2, 0) is 4.74 Å². The number of urea groups is 1. The Morgan fingerprint density at radius 3 is 2.77 bits per heavy atom. The molecule has 10 heteroatoms. The second kappa shape index (κ2) is 8.49. The van der Waals surface area contributed by atoms with Gasteiger partial charge in [0.05, 0.1) is 22.9 Å². The van der Waals surface area contributed by atoms with Crippen molar-refractivity contribution in [1.29, 1.82) is 0 Å². The number of anilines is 2. The number of carbonyl (C=O) groups excluding carboxylic acids is 1. The molecule has 0 aliphatic carbocycles. The predicted octanol–water partition coefficient (Wildman–Crippen LogP) is 5.41. The highest BCUT2D eigenvalue weighted by atomic mass is 32.1. The van der Waals surface area contributed by atoms with Crippen molar-refractivity contribution in [3.8, 4) is 5.75 Å². The van der Waals surface area contributed by atoms with Crippen molar-refractivity contribution in [3.05, 3.63) is 48.5 Å². The molecule has 2 heterocycles. The van der Waals surface area contributed by atoms with Crippen molar-refractivity contribution in [3.63, 3.8) is 0 Å². The summed E-state index contributed by atoms with van der Waals surface area (Å²) in [7, 11) is 0. The molecule has 1 fully saturated rings. The third-order valence-corrected chi connectivity index (χ3v) is 5.53. The third-order valence-electron chi connectivity index (χ3n) is 4.49. The zero-order chi connectivity index (χ0) is 21.1. The average molecular weight is 437 g/mol. The number of amides is 2. The van der Waals surface area contributed by atoms with Gasteiger partial charge in [-0.1, -0.05) is 29.5 Å². The predicted molar refractivity (Wildman–Crippen MR) is 108 cm³/mol. The van der Waals surface area contributed by atoms with Crippen LogP contribution in [0.4, 0.5) is 28.8 Å². The minimum absolute atomic E-state index is 0.123. The molecule has 6 nitrogen and oxygen atoms in total. The summed E-state index contributed by atoms with van der Waals surface area (Å²) < 4.78 is 47.6. The molecule has 1 atom stereocenters. The number of carbonyl (C=O) groups is 1. The monoisotopic (exact) mass is 437 g/mol. The van der Waals surface area contributed by atoms with Gasteiger partial charge in [0.1, 0.15) is 5.75 Å². The molecule has 0 radical (unpaired) electrons. The first-order valence-corrected chi connectivity index (χ1v) is 10.1. The maximum absolute atomic E-state index is 13.0. The Morgan fingerprint density at radius 1 is 1.27 bits per heavy atom. The zero-order valence-corrected chi connectivity index (χ0v) is 16.5. The van der Waals surface area contributed by atoms with Gasteiger partial charge in [0, 0.05) is 18.4 Å². The van der Waals surface area contributed by atoms with Crippen LogP contribution >= 0.6 is 11.3 Å². The highest BCUT2D eigenvalue weighted by Crippen LogP contribution is 2.34. The van der Waals surface area contributed by atoms with Gasteiger partial charge in [-0.25, -0.2) is 9.78 Å². The zero-order valence-electron chi connectivity index (χ0n) is 15.7. The first-order chi connectivity index (χ1) is 14.4. The molecule has 1 unspecified atom stereocenters. The van der Waals surface area contributed by atoms with Gasteiger partial charge in [-0.2, -0.15) is 0 Å². The molecule has 1 saturated heterocycles. The summed E-state index contributed by atoms with van der Waals surface area (Å²) in [5.41, 5.74) is 1.11. The van der Waals surface area contributed by atoms with E-state index in [1.165, 1.54) is 23.1 Å². The van der Waals surface area contributed by atoms with E-state index in [0.717, 1.165) is 24.2 Å². The van der Waals surface area contributed by atoms with Crippen LogP contribution in [0.3, 0.4) is 0 Å². The summed E-state index contributed by atoms with van der Waals surface area (Å²) in [6, 6.07) is 12.5. The van der Waals surface area contributed by atoms with E-state index in [1.54, 1.807) is 24.3 Å². The lowest BCUT2D eigenvalue weighted by Gasteiger charge is -2.23. The summed E-state index contributed by atoms with van der Waals surface area (Å²) >= 11 is 1.12. The summed E-state index contributed by atoms with van der Waals surface area (Å²) in [5, 5.41) is 3.20. The van der Waals surface area contributed by atoms with Gasteiger partial charge in [0.15, 0.2) is 5.13 Å². The molecule has 2 aromatic carbocycles. The molecule has 0 bridgehead atoms. The van der Waals surface area contributed by atoms with E-state index >= 15 is 0 Å². The lowest BCUT2D eigenvalue weighted by Crippen LogP contribution is -2.40. The Morgan fingerprint density at radius 2 is 2.07 bits per heavy atom. The molecular formula is C20H18F3N3O3S. The van der Waals surface area contributed by atoms with E-state index in [9.17, 15) is 18.0 Å². The van der Waals surface area contributed by atoms with E-state index < -0.39 is 6.36 Å². The van der Waals surface area contributed by atoms with E-state index in [1.807, 2.05) is 6.07 Å². The number of alkyl halides is 3. The lowest BCUT2D eigenvalue weighted by molar-refractivity contribution is -0.274. The Bertz CT molecular complexity index is 1020. The summed E-state index contributed by atoms with van der Waals surface area (Å²) in [6.45, 7) is 0.932. The van der Waals surface area contributed by atoms with Gasteiger partial charge in [0.2, 0.25) is 0 Å². The quantitative estimate of drug-likeness (QED) is 0.580. The first-order valence-electron chi connectivity index (χ1n) is 9.29. The number of fused-ring (bicyclic) bond motifs is 1. The van der Waals surface area contributed by atoms with Gasteiger partial charge in [-0.15, -0.1) is 13.2 Å². The van der Waals surface area contributed by atoms with E-state index in [-0.39, 0.29) is 17.9 Å². The molecule has 1 aromatic heterocycles. The molecule has 1 aliphatic rings. The minimum atomic E-state index is -4.78. The van der Waals surface area contributed by atoms with Crippen LogP contribution in [0.15, 0.2) is 48.5 Å². The van der Waals surface area contributed by atoms with E-state index in [2.05, 4.69) is 15.0 Å². The highest BCUT2D eigenvalue weighted by Gasteiger charge is 2.31. The maximum Gasteiger partial charge on any atom is 0.573 e. The van der Waals surface area contributed by atoms with Crippen molar-refractivity contribution >= 4 is 38.4 Å². The van der Waals surface area contributed by atoms with Crippen LogP contribution in [0.2, 0.25) is 0 Å². The number of nitrogens with one attached hydrogen (secondary N) is 1. The highest BCUT2D eigenvalue weighted by molar-refractivity contribution is 7.22. The average Bonchev–Trinajstić information content (AvgIpc) is 3.34. The molecule has 1 N–H and O–H groups in total. The fourth-order valence-corrected chi connectivity index (χ4v) is 4.16. The number of thiazole rings is 1. The van der Waals surface area contributed by atoms with Crippen molar-refractivity contribution < 1.29 is 27.4 Å². The second-order valence-corrected chi connectivity index (χ2v) is 7.72. The van der Waals surface area contributed by atoms with E-state index in [0.29, 0.717) is 34.2 Å². The van der Waals surface area contributed by atoms with Crippen molar-refractivity contribution in [1.82, 2.24) is 4.98 Å². The molecule has 4 rings (SSSR count). The number of hydrogen-bond acceptors (Lipinski definition) is 5. The van der Waals surface area contributed by atoms with E-state index in [4.69, 9.17) is 4.74 Å². The summed E-state index contributed by atoms with van der Waals surface area (Å²) in [5.74, 6) is -0.329. The normalized spacial score (nSPS) is 16.6. The Labute approximate surface area is 174 Å². The fraction of sp³-hybridized carbons (Fsp3) is 0.300. The molecule has 0 spiro atoms. The topological polar surface area (TPSA) is 63.7 Å². The van der Waals surface area contributed by atoms with Gasteiger partial charge < -0.3 is 14.8 Å². The second-order valence-electron chi connectivity index (χ2n) is 6.72. The van der Waals surface area contributed by atoms with Crippen LogP contribution in [0.1, 0.15) is 12.8 Å². The SMILES string of the molecule is O=C(Nc1ccccc1)N(CC1CCCO1)c1nc2ccc(OC(F)(F)F)cc2s1. The third kappa shape index (κ3) is 5.00. The molecule has 1 aliphatic heterocycles. The van der Waals surface area contributed by atoms with Crippen LogP contribution < -0.4 is 15.0 Å². The van der Waals surface area contributed by atoms with Gasteiger partial charge in [-0.3, -0.25) is 4.90 Å². The molecule has 2 amide bonds. The Balaban J connectivity index is 1.61. The summed E-state index contributed by atoms with van der Waals surface area (Å²) in [6.07, 6.45) is -3.16. The van der Waals surface area contributed by atoms with Crippen LogP contribution in [0.5, 0.6) is 5.75 Å². The molecule has 0 saturated carbocycles. The van der Waals surface area contributed by atoms with Crippen molar-refractivity contribution in [2.75, 3.05) is 23.4 Å². The van der Waals surface area contributed by atoms with Crippen LogP contribution in [0, 0.1) is 0 Å². The number of ether oxygens (including phenoxy) is 2. The number of aromatic nitrogens is 1. The Hall–Kier alpha value is -2.85. The maximum atomic E-state index is 13.0. The number of benzene rings is 2.